The molecule has 2 atom stereocenters. The molecule has 0 saturated heterocycles. The fourth-order valence-electron chi connectivity index (χ4n) is 4.00. The van der Waals surface area contributed by atoms with E-state index in [2.05, 4.69) is 24.3 Å². The Balaban J connectivity index is 1.91. The molecule has 2 aromatic rings. The zero-order chi connectivity index (χ0) is 18.6. The molecule has 4 nitrogen and oxygen atoms in total. The fourth-order valence-corrected chi connectivity index (χ4v) is 4.00. The average molecular weight is 356 g/mol. The molecule has 0 amide bonds. The number of benzene rings is 2. The van der Waals surface area contributed by atoms with E-state index in [4.69, 9.17) is 9.47 Å². The molecule has 0 spiro atoms. The first-order chi connectivity index (χ1) is 12.5. The van der Waals surface area contributed by atoms with Crippen LogP contribution in [0.5, 0.6) is 11.5 Å². The molecule has 1 aliphatic carbocycles. The molecule has 26 heavy (non-hydrogen) atoms. The van der Waals surface area contributed by atoms with E-state index >= 15 is 0 Å². The van der Waals surface area contributed by atoms with Gasteiger partial charge in [0.1, 0.15) is 11.5 Å². The molecule has 0 heterocycles. The summed E-state index contributed by atoms with van der Waals surface area (Å²) >= 11 is 0. The van der Waals surface area contributed by atoms with E-state index in [0.29, 0.717) is 11.5 Å². The normalized spacial score (nSPS) is 18.8. The summed E-state index contributed by atoms with van der Waals surface area (Å²) in [5, 5.41) is 18.8. The second-order valence-corrected chi connectivity index (χ2v) is 7.13. The van der Waals surface area contributed by atoms with Gasteiger partial charge in [0.2, 0.25) is 0 Å². The zero-order valence-electron chi connectivity index (χ0n) is 15.5. The number of hydrogen-bond acceptors (Lipinski definition) is 4. The minimum absolute atomic E-state index is 0.00896. The molecule has 2 aromatic carbocycles. The molecule has 0 aromatic heterocycles. The Morgan fingerprint density at radius 1 is 0.692 bits per heavy atom. The quantitative estimate of drug-likeness (QED) is 0.755. The van der Waals surface area contributed by atoms with Crippen molar-refractivity contribution < 1.29 is 19.7 Å². The molecule has 3 rings (SSSR count). The average Bonchev–Trinajstić information content (AvgIpc) is 2.62. The molecule has 4 heteroatoms. The van der Waals surface area contributed by atoms with Crippen LogP contribution in [0.3, 0.4) is 0 Å². The van der Waals surface area contributed by atoms with Crippen molar-refractivity contribution in [1.82, 2.24) is 0 Å². The predicted octanol–water partition coefficient (Wildman–Crippen LogP) is 4.37. The molecule has 2 unspecified atom stereocenters. The van der Waals surface area contributed by atoms with Crippen molar-refractivity contribution in [3.05, 3.63) is 59.7 Å². The Hall–Kier alpha value is -2.04. The summed E-state index contributed by atoms with van der Waals surface area (Å²) in [6, 6.07) is 16.2. The summed E-state index contributed by atoms with van der Waals surface area (Å²) < 4.78 is 10.7. The van der Waals surface area contributed by atoms with Crippen molar-refractivity contribution in [3.63, 3.8) is 0 Å². The van der Waals surface area contributed by atoms with Crippen molar-refractivity contribution in [1.29, 1.82) is 0 Å². The van der Waals surface area contributed by atoms with E-state index in [-0.39, 0.29) is 5.41 Å². The van der Waals surface area contributed by atoms with Gasteiger partial charge in [0, 0.05) is 5.41 Å². The van der Waals surface area contributed by atoms with E-state index in [1.807, 2.05) is 24.3 Å². The van der Waals surface area contributed by atoms with Crippen LogP contribution in [-0.2, 0) is 5.41 Å². The third-order valence-corrected chi connectivity index (χ3v) is 5.13. The Labute approximate surface area is 155 Å². The lowest BCUT2D eigenvalue weighted by molar-refractivity contribution is -0.000873. The highest BCUT2D eigenvalue weighted by atomic mass is 16.6. The van der Waals surface area contributed by atoms with Gasteiger partial charge in [0.05, 0.1) is 0 Å². The van der Waals surface area contributed by atoms with Crippen molar-refractivity contribution in [2.24, 2.45) is 0 Å². The molecular weight excluding hydrogens is 328 g/mol. The van der Waals surface area contributed by atoms with E-state index in [0.717, 1.165) is 12.8 Å². The standard InChI is InChI=1S/C22H28O4/c1-16(23)25-20-10-6-18(7-11-20)22(14-4-3-5-15-22)19-8-12-21(13-9-19)26-17(2)24/h6-13,16-17,23-24H,3-5,14-15H2,1-2H3. The predicted molar refractivity (Wildman–Crippen MR) is 101 cm³/mol. The van der Waals surface area contributed by atoms with E-state index in [1.54, 1.807) is 13.8 Å². The molecule has 0 radical (unpaired) electrons. The first kappa shape index (κ1) is 18.7. The number of aliphatic hydroxyl groups is 2. The van der Waals surface area contributed by atoms with Gasteiger partial charge >= 0.3 is 0 Å². The Bertz CT molecular complexity index is 628. The fraction of sp³-hybridized carbons (Fsp3) is 0.455. The molecule has 0 aliphatic heterocycles. The van der Waals surface area contributed by atoms with E-state index < -0.39 is 12.6 Å². The van der Waals surface area contributed by atoms with E-state index in [1.165, 1.54) is 30.4 Å². The van der Waals surface area contributed by atoms with Crippen molar-refractivity contribution >= 4 is 0 Å². The largest absolute Gasteiger partial charge is 0.465 e. The molecule has 0 bridgehead atoms. The smallest absolute Gasteiger partial charge is 0.194 e. The molecule has 2 N–H and O–H groups in total. The number of rotatable bonds is 6. The van der Waals surface area contributed by atoms with E-state index in [9.17, 15) is 10.2 Å². The van der Waals surface area contributed by atoms with Crippen LogP contribution in [0.1, 0.15) is 57.1 Å². The number of hydrogen-bond donors (Lipinski definition) is 2. The lowest BCUT2D eigenvalue weighted by Crippen LogP contribution is -2.30. The number of ether oxygens (including phenoxy) is 2. The summed E-state index contributed by atoms with van der Waals surface area (Å²) in [4.78, 5) is 0. The van der Waals surface area contributed by atoms with Gasteiger partial charge in [-0.1, -0.05) is 43.5 Å². The highest BCUT2D eigenvalue weighted by molar-refractivity contribution is 5.43. The minimum atomic E-state index is -0.814. The Kier molecular flexibility index (Phi) is 5.84. The molecule has 1 fully saturated rings. The topological polar surface area (TPSA) is 58.9 Å². The highest BCUT2D eigenvalue weighted by Gasteiger charge is 2.35. The van der Waals surface area contributed by atoms with Gasteiger partial charge in [-0.3, -0.25) is 0 Å². The van der Waals surface area contributed by atoms with Gasteiger partial charge in [-0.25, -0.2) is 0 Å². The lowest BCUT2D eigenvalue weighted by atomic mass is 9.65. The second kappa shape index (κ2) is 8.11. The lowest BCUT2D eigenvalue weighted by Gasteiger charge is -2.39. The maximum atomic E-state index is 9.39. The van der Waals surface area contributed by atoms with Gasteiger partial charge < -0.3 is 19.7 Å². The van der Waals surface area contributed by atoms with Crippen molar-refractivity contribution in [3.8, 4) is 11.5 Å². The summed E-state index contributed by atoms with van der Waals surface area (Å²) in [7, 11) is 0. The van der Waals surface area contributed by atoms with Crippen LogP contribution in [-0.4, -0.2) is 22.8 Å². The van der Waals surface area contributed by atoms with Crippen LogP contribution in [0.2, 0.25) is 0 Å². The summed E-state index contributed by atoms with van der Waals surface area (Å²) in [6.07, 6.45) is 4.28. The molecule has 1 saturated carbocycles. The maximum absolute atomic E-state index is 9.39. The monoisotopic (exact) mass is 356 g/mol. The Morgan fingerprint density at radius 3 is 1.42 bits per heavy atom. The van der Waals surface area contributed by atoms with Gasteiger partial charge in [0.15, 0.2) is 12.6 Å². The van der Waals surface area contributed by atoms with Crippen LogP contribution in [0.15, 0.2) is 48.5 Å². The molecule has 1 aliphatic rings. The first-order valence-corrected chi connectivity index (χ1v) is 9.40. The Morgan fingerprint density at radius 2 is 1.08 bits per heavy atom. The van der Waals surface area contributed by atoms with Crippen LogP contribution >= 0.6 is 0 Å². The van der Waals surface area contributed by atoms with Crippen molar-refractivity contribution in [2.75, 3.05) is 0 Å². The second-order valence-electron chi connectivity index (χ2n) is 7.13. The van der Waals surface area contributed by atoms with Crippen LogP contribution in [0, 0.1) is 0 Å². The highest BCUT2D eigenvalue weighted by Crippen LogP contribution is 2.45. The van der Waals surface area contributed by atoms with Gasteiger partial charge in [-0.2, -0.15) is 0 Å². The van der Waals surface area contributed by atoms with Crippen molar-refractivity contribution in [2.45, 2.75) is 63.9 Å². The van der Waals surface area contributed by atoms with Crippen LogP contribution in [0.25, 0.3) is 0 Å². The van der Waals surface area contributed by atoms with Gasteiger partial charge in [0.25, 0.3) is 0 Å². The SMILES string of the molecule is CC(O)Oc1ccc(C2(c3ccc(OC(C)O)cc3)CCCCC2)cc1. The summed E-state index contributed by atoms with van der Waals surface area (Å²) in [6.45, 7) is 3.21. The third-order valence-electron chi connectivity index (χ3n) is 5.13. The molecule has 140 valence electrons. The van der Waals surface area contributed by atoms with Gasteiger partial charge in [-0.15, -0.1) is 0 Å². The summed E-state index contributed by atoms with van der Waals surface area (Å²) in [5.74, 6) is 1.35. The minimum Gasteiger partial charge on any atom is -0.465 e. The third kappa shape index (κ3) is 4.19. The zero-order valence-corrected chi connectivity index (χ0v) is 15.5. The maximum Gasteiger partial charge on any atom is 0.194 e. The van der Waals surface area contributed by atoms with Crippen LogP contribution in [0.4, 0.5) is 0 Å². The number of aliphatic hydroxyl groups excluding tert-OH is 2. The molecular formula is C22H28O4. The first-order valence-electron chi connectivity index (χ1n) is 9.40. The summed E-state index contributed by atoms with van der Waals surface area (Å²) in [5.41, 5.74) is 2.55. The van der Waals surface area contributed by atoms with Crippen LogP contribution < -0.4 is 9.47 Å². The van der Waals surface area contributed by atoms with Gasteiger partial charge in [-0.05, 0) is 62.1 Å².